The van der Waals surface area contributed by atoms with Crippen LogP contribution < -0.4 is 11.1 Å². The van der Waals surface area contributed by atoms with Gasteiger partial charge in [0.1, 0.15) is 12.3 Å². The summed E-state index contributed by atoms with van der Waals surface area (Å²) in [7, 11) is 0. The molecule has 0 aromatic carbocycles. The quantitative estimate of drug-likeness (QED) is 0.287. The number of carbonyl (C=O) groups excluding carboxylic acids is 1. The van der Waals surface area contributed by atoms with Crippen molar-refractivity contribution in [1.29, 1.82) is 0 Å². The van der Waals surface area contributed by atoms with Crippen molar-refractivity contribution in [3.63, 3.8) is 0 Å². The van der Waals surface area contributed by atoms with Crippen LogP contribution in [0.25, 0.3) is 0 Å². The molecule has 1 aromatic heterocycles. The van der Waals surface area contributed by atoms with E-state index in [-0.39, 0.29) is 17.5 Å². The number of aliphatic hydroxyl groups is 1. The van der Waals surface area contributed by atoms with Crippen molar-refractivity contribution in [2.45, 2.75) is 116 Å². The number of hydrogen-bond donors (Lipinski definition) is 3. The molecule has 6 nitrogen and oxygen atoms in total. The summed E-state index contributed by atoms with van der Waals surface area (Å²) in [6.45, 7) is 4.47. The number of rotatable bonds is 18. The first-order valence-electron chi connectivity index (χ1n) is 11.7. The Bertz CT molecular complexity index is 531. The molecule has 2 unspecified atom stereocenters. The molecule has 0 aliphatic rings. The summed E-state index contributed by atoms with van der Waals surface area (Å²) in [6, 6.07) is -0.720. The molecular weight excluding hydrogens is 366 g/mol. The summed E-state index contributed by atoms with van der Waals surface area (Å²) in [5, 5.41) is 12.3. The van der Waals surface area contributed by atoms with Gasteiger partial charge >= 0.3 is 0 Å². The van der Waals surface area contributed by atoms with Crippen molar-refractivity contribution < 1.29 is 14.3 Å². The predicted molar refractivity (Wildman–Crippen MR) is 118 cm³/mol. The zero-order valence-corrected chi connectivity index (χ0v) is 18.6. The number of oxazole rings is 1. The van der Waals surface area contributed by atoms with Crippen LogP contribution in [0.4, 0.5) is 0 Å². The van der Waals surface area contributed by atoms with Crippen LogP contribution in [-0.2, 0) is 0 Å². The molecule has 0 bridgehead atoms. The second-order valence-electron chi connectivity index (χ2n) is 8.19. The Hall–Kier alpha value is -1.40. The van der Waals surface area contributed by atoms with E-state index in [1.807, 2.05) is 0 Å². The van der Waals surface area contributed by atoms with Crippen LogP contribution in [0.3, 0.4) is 0 Å². The molecule has 0 aliphatic heterocycles. The Morgan fingerprint density at radius 2 is 1.48 bits per heavy atom. The predicted octanol–water partition coefficient (Wildman–Crippen LogP) is 5.27. The second kappa shape index (κ2) is 16.4. The SMILES string of the molecule is CCCCCCCCCCCCCCCCNC(=O)c1coc(C(N)C(C)O)n1. The van der Waals surface area contributed by atoms with Gasteiger partial charge in [0.2, 0.25) is 5.89 Å². The normalized spacial score (nSPS) is 13.4. The van der Waals surface area contributed by atoms with Crippen molar-refractivity contribution >= 4 is 5.91 Å². The minimum atomic E-state index is -0.778. The third-order valence-electron chi connectivity index (χ3n) is 5.38. The maximum absolute atomic E-state index is 12.0. The lowest BCUT2D eigenvalue weighted by atomic mass is 10.0. The monoisotopic (exact) mass is 409 g/mol. The molecule has 0 fully saturated rings. The van der Waals surface area contributed by atoms with Gasteiger partial charge in [-0.3, -0.25) is 4.79 Å². The van der Waals surface area contributed by atoms with Gasteiger partial charge in [-0.15, -0.1) is 0 Å². The molecule has 168 valence electrons. The first kappa shape index (κ1) is 25.6. The van der Waals surface area contributed by atoms with Gasteiger partial charge in [-0.1, -0.05) is 90.4 Å². The van der Waals surface area contributed by atoms with E-state index in [1.54, 1.807) is 6.92 Å². The lowest BCUT2D eigenvalue weighted by Crippen LogP contribution is -2.26. The summed E-state index contributed by atoms with van der Waals surface area (Å²) >= 11 is 0. The highest BCUT2D eigenvalue weighted by atomic mass is 16.3. The van der Waals surface area contributed by atoms with Crippen molar-refractivity contribution in [1.82, 2.24) is 10.3 Å². The van der Waals surface area contributed by atoms with Crippen LogP contribution in [0.5, 0.6) is 0 Å². The van der Waals surface area contributed by atoms with Crippen LogP contribution in [0, 0.1) is 0 Å². The molecule has 0 saturated heterocycles. The molecule has 4 N–H and O–H groups in total. The number of aromatic nitrogens is 1. The Morgan fingerprint density at radius 1 is 1.00 bits per heavy atom. The first-order valence-corrected chi connectivity index (χ1v) is 11.7. The fraction of sp³-hybridized carbons (Fsp3) is 0.826. The summed E-state index contributed by atoms with van der Waals surface area (Å²) in [5.74, 6) is -0.0749. The van der Waals surface area contributed by atoms with Gasteiger partial charge in [0.15, 0.2) is 5.69 Å². The van der Waals surface area contributed by atoms with Gasteiger partial charge in [0.25, 0.3) is 5.91 Å². The third-order valence-corrected chi connectivity index (χ3v) is 5.38. The number of aliphatic hydroxyl groups excluding tert-OH is 1. The molecule has 1 heterocycles. The van der Waals surface area contributed by atoms with Gasteiger partial charge in [-0.25, -0.2) is 4.98 Å². The van der Waals surface area contributed by atoms with E-state index < -0.39 is 12.1 Å². The summed E-state index contributed by atoms with van der Waals surface area (Å²) in [4.78, 5) is 16.1. The lowest BCUT2D eigenvalue weighted by Gasteiger charge is -2.09. The third kappa shape index (κ3) is 12.0. The highest BCUT2D eigenvalue weighted by molar-refractivity contribution is 5.91. The van der Waals surface area contributed by atoms with Gasteiger partial charge in [-0.2, -0.15) is 0 Å². The number of carbonyl (C=O) groups is 1. The van der Waals surface area contributed by atoms with Crippen LogP contribution >= 0.6 is 0 Å². The fourth-order valence-electron chi connectivity index (χ4n) is 3.36. The highest BCUT2D eigenvalue weighted by Crippen LogP contribution is 2.14. The Balaban J connectivity index is 1.92. The molecule has 29 heavy (non-hydrogen) atoms. The molecular formula is C23H43N3O3. The minimum Gasteiger partial charge on any atom is -0.446 e. The smallest absolute Gasteiger partial charge is 0.273 e. The molecule has 1 rings (SSSR count). The standard InChI is InChI=1S/C23H43N3O3/c1-3-4-5-6-7-8-9-10-11-12-13-14-15-16-17-25-22(28)20-18-29-23(26-20)21(24)19(2)27/h18-19,21,27H,3-17,24H2,1-2H3,(H,25,28). The van der Waals surface area contributed by atoms with E-state index in [1.165, 1.54) is 83.3 Å². The van der Waals surface area contributed by atoms with E-state index in [4.69, 9.17) is 10.2 Å². The van der Waals surface area contributed by atoms with E-state index in [0.29, 0.717) is 6.54 Å². The molecule has 0 aliphatic carbocycles. The maximum atomic E-state index is 12.0. The van der Waals surface area contributed by atoms with E-state index in [0.717, 1.165) is 12.8 Å². The largest absolute Gasteiger partial charge is 0.446 e. The molecule has 2 atom stereocenters. The zero-order chi connectivity index (χ0) is 21.3. The van der Waals surface area contributed by atoms with E-state index in [9.17, 15) is 9.90 Å². The number of nitrogens with one attached hydrogen (secondary N) is 1. The topological polar surface area (TPSA) is 101 Å². The fourth-order valence-corrected chi connectivity index (χ4v) is 3.36. The molecule has 1 amide bonds. The number of nitrogens with two attached hydrogens (primary N) is 1. The lowest BCUT2D eigenvalue weighted by molar-refractivity contribution is 0.0947. The zero-order valence-electron chi connectivity index (χ0n) is 18.6. The maximum Gasteiger partial charge on any atom is 0.273 e. The van der Waals surface area contributed by atoms with Crippen LogP contribution in [0.15, 0.2) is 10.7 Å². The number of amides is 1. The van der Waals surface area contributed by atoms with Gasteiger partial charge in [-0.05, 0) is 13.3 Å². The average Bonchev–Trinajstić information content (AvgIpc) is 3.20. The molecule has 0 saturated carbocycles. The molecule has 1 aromatic rings. The first-order chi connectivity index (χ1) is 14.1. The Labute approximate surface area is 177 Å². The van der Waals surface area contributed by atoms with Crippen LogP contribution in [0.1, 0.15) is 126 Å². The average molecular weight is 410 g/mol. The Kier molecular flexibility index (Phi) is 14.5. The van der Waals surface area contributed by atoms with Gasteiger partial charge in [0, 0.05) is 6.54 Å². The molecule has 6 heteroatoms. The van der Waals surface area contributed by atoms with Crippen molar-refractivity contribution in [3.05, 3.63) is 17.8 Å². The number of unbranched alkanes of at least 4 members (excludes halogenated alkanes) is 13. The Morgan fingerprint density at radius 3 is 1.97 bits per heavy atom. The van der Waals surface area contributed by atoms with Gasteiger partial charge in [0.05, 0.1) is 6.10 Å². The number of hydrogen-bond acceptors (Lipinski definition) is 5. The van der Waals surface area contributed by atoms with Crippen LogP contribution in [0.2, 0.25) is 0 Å². The highest BCUT2D eigenvalue weighted by Gasteiger charge is 2.20. The minimum absolute atomic E-state index is 0.182. The summed E-state index contributed by atoms with van der Waals surface area (Å²) in [6.07, 6.45) is 18.9. The molecule has 0 radical (unpaired) electrons. The van der Waals surface area contributed by atoms with E-state index in [2.05, 4.69) is 17.2 Å². The van der Waals surface area contributed by atoms with E-state index >= 15 is 0 Å². The summed E-state index contributed by atoms with van der Waals surface area (Å²) < 4.78 is 5.18. The number of nitrogens with zero attached hydrogens (tertiary/aromatic N) is 1. The van der Waals surface area contributed by atoms with Crippen molar-refractivity contribution in [2.75, 3.05) is 6.54 Å². The van der Waals surface area contributed by atoms with Crippen LogP contribution in [-0.4, -0.2) is 28.6 Å². The second-order valence-corrected chi connectivity index (χ2v) is 8.19. The van der Waals surface area contributed by atoms with Gasteiger partial charge < -0.3 is 20.6 Å². The van der Waals surface area contributed by atoms with Crippen molar-refractivity contribution in [2.24, 2.45) is 5.73 Å². The molecule has 0 spiro atoms. The summed E-state index contributed by atoms with van der Waals surface area (Å²) in [5.41, 5.74) is 5.96. The van der Waals surface area contributed by atoms with Crippen molar-refractivity contribution in [3.8, 4) is 0 Å².